The van der Waals surface area contributed by atoms with Gasteiger partial charge in [-0.25, -0.2) is 5.43 Å². The van der Waals surface area contributed by atoms with E-state index in [2.05, 4.69) is 10.5 Å². The molecule has 0 saturated heterocycles. The lowest BCUT2D eigenvalue weighted by Gasteiger charge is -2.24. The highest BCUT2D eigenvalue weighted by atomic mass is 16.7. The summed E-state index contributed by atoms with van der Waals surface area (Å²) in [6.45, 7) is 7.42. The van der Waals surface area contributed by atoms with Crippen LogP contribution in [0.3, 0.4) is 0 Å². The molecule has 7 nitrogen and oxygen atoms in total. The van der Waals surface area contributed by atoms with Gasteiger partial charge in [-0.3, -0.25) is 4.79 Å². The first kappa shape index (κ1) is 19.2. The molecule has 1 aliphatic heterocycles. The largest absolute Gasteiger partial charge is 0.490 e. The van der Waals surface area contributed by atoms with Gasteiger partial charge in [-0.05, 0) is 32.9 Å². The molecule has 1 unspecified atom stereocenters. The fourth-order valence-corrected chi connectivity index (χ4v) is 2.57. The molecule has 2 N–H and O–H groups in total. The zero-order chi connectivity index (χ0) is 18.6. The van der Waals surface area contributed by atoms with E-state index < -0.39 is 5.60 Å². The van der Waals surface area contributed by atoms with Crippen LogP contribution < -0.4 is 14.9 Å². The van der Waals surface area contributed by atoms with E-state index in [-0.39, 0.29) is 25.2 Å². The van der Waals surface area contributed by atoms with Crippen molar-refractivity contribution in [3.05, 3.63) is 23.3 Å². The minimum Gasteiger partial charge on any atom is -0.490 e. The first-order valence-corrected chi connectivity index (χ1v) is 8.20. The molecular formula is C18H26N2O5. The quantitative estimate of drug-likeness (QED) is 0.734. The Morgan fingerprint density at radius 3 is 2.68 bits per heavy atom. The van der Waals surface area contributed by atoms with Crippen LogP contribution in [0.1, 0.15) is 38.3 Å². The molecule has 1 aromatic carbocycles. The Hall–Kier alpha value is -2.12. The summed E-state index contributed by atoms with van der Waals surface area (Å²) >= 11 is 0. The minimum absolute atomic E-state index is 0.0267. The normalized spacial score (nSPS) is 17.8. The van der Waals surface area contributed by atoms with E-state index in [0.29, 0.717) is 17.9 Å². The molecule has 1 amide bonds. The van der Waals surface area contributed by atoms with Crippen LogP contribution in [-0.4, -0.2) is 42.8 Å². The highest BCUT2D eigenvalue weighted by Crippen LogP contribution is 2.34. The van der Waals surface area contributed by atoms with Gasteiger partial charge in [0.1, 0.15) is 18.1 Å². The molecule has 0 spiro atoms. The number of amides is 1. The molecule has 0 aromatic heterocycles. The SMILES string of the molecule is COCOc1c(C2=NNC(=O)CC2C)ccc(OCC(C)(C)O)c1C. The summed E-state index contributed by atoms with van der Waals surface area (Å²) in [7, 11) is 1.55. The summed E-state index contributed by atoms with van der Waals surface area (Å²) in [5.41, 5.74) is 3.91. The molecule has 0 saturated carbocycles. The smallest absolute Gasteiger partial charge is 0.240 e. The maximum absolute atomic E-state index is 11.5. The predicted molar refractivity (Wildman–Crippen MR) is 93.9 cm³/mol. The average Bonchev–Trinajstić information content (AvgIpc) is 2.52. The molecule has 1 aromatic rings. The molecular weight excluding hydrogens is 324 g/mol. The summed E-state index contributed by atoms with van der Waals surface area (Å²) in [5, 5.41) is 14.1. The van der Waals surface area contributed by atoms with E-state index >= 15 is 0 Å². The maximum Gasteiger partial charge on any atom is 0.240 e. The van der Waals surface area contributed by atoms with Gasteiger partial charge < -0.3 is 19.3 Å². The highest BCUT2D eigenvalue weighted by Gasteiger charge is 2.26. The van der Waals surface area contributed by atoms with Crippen molar-refractivity contribution in [2.75, 3.05) is 20.5 Å². The number of hydrogen-bond donors (Lipinski definition) is 2. The first-order valence-electron chi connectivity index (χ1n) is 8.20. The molecule has 0 bridgehead atoms. The topological polar surface area (TPSA) is 89.4 Å². The molecule has 1 aliphatic rings. The number of rotatable bonds is 7. The van der Waals surface area contributed by atoms with E-state index in [1.807, 2.05) is 26.0 Å². The Balaban J connectivity index is 2.39. The van der Waals surface area contributed by atoms with Crippen molar-refractivity contribution in [3.8, 4) is 11.5 Å². The van der Waals surface area contributed by atoms with Crippen molar-refractivity contribution in [1.29, 1.82) is 0 Å². The van der Waals surface area contributed by atoms with Crippen LogP contribution in [0.15, 0.2) is 17.2 Å². The zero-order valence-electron chi connectivity index (χ0n) is 15.4. The van der Waals surface area contributed by atoms with Gasteiger partial charge in [0.05, 0.1) is 11.3 Å². The molecule has 0 radical (unpaired) electrons. The van der Waals surface area contributed by atoms with Gasteiger partial charge in [-0.15, -0.1) is 0 Å². The van der Waals surface area contributed by atoms with E-state index in [1.165, 1.54) is 0 Å². The van der Waals surface area contributed by atoms with Crippen LogP contribution in [0.2, 0.25) is 0 Å². The lowest BCUT2D eigenvalue weighted by molar-refractivity contribution is -0.121. The standard InChI is InChI=1S/C18H26N2O5/c1-11-8-15(21)19-20-16(11)13-6-7-14(24-9-18(3,4)22)12(2)17(13)25-10-23-5/h6-7,11,22H,8-10H2,1-5H3,(H,19,21). The van der Waals surface area contributed by atoms with Gasteiger partial charge in [0.15, 0.2) is 6.79 Å². The number of nitrogens with one attached hydrogen (secondary N) is 1. The number of carbonyl (C=O) groups excluding carboxylic acids is 1. The fourth-order valence-electron chi connectivity index (χ4n) is 2.57. The lowest BCUT2D eigenvalue weighted by Crippen LogP contribution is -2.32. The van der Waals surface area contributed by atoms with Crippen molar-refractivity contribution in [1.82, 2.24) is 5.43 Å². The van der Waals surface area contributed by atoms with E-state index in [0.717, 1.165) is 16.8 Å². The summed E-state index contributed by atoms with van der Waals surface area (Å²) < 4.78 is 16.5. The number of methoxy groups -OCH3 is 1. The third-order valence-corrected chi connectivity index (χ3v) is 3.79. The molecule has 1 atom stereocenters. The second kappa shape index (κ2) is 7.84. The van der Waals surface area contributed by atoms with Gasteiger partial charge >= 0.3 is 0 Å². The second-order valence-corrected chi connectivity index (χ2v) is 6.85. The van der Waals surface area contributed by atoms with Crippen LogP contribution in [0.25, 0.3) is 0 Å². The maximum atomic E-state index is 11.5. The van der Waals surface area contributed by atoms with Gasteiger partial charge in [0.2, 0.25) is 5.91 Å². The summed E-state index contributed by atoms with van der Waals surface area (Å²) in [4.78, 5) is 11.5. The number of carbonyl (C=O) groups is 1. The fraction of sp³-hybridized carbons (Fsp3) is 0.556. The third-order valence-electron chi connectivity index (χ3n) is 3.79. The van der Waals surface area contributed by atoms with Crippen molar-refractivity contribution in [3.63, 3.8) is 0 Å². The lowest BCUT2D eigenvalue weighted by atomic mass is 9.92. The zero-order valence-corrected chi connectivity index (χ0v) is 15.4. The highest BCUT2D eigenvalue weighted by molar-refractivity contribution is 6.07. The average molecular weight is 350 g/mol. The second-order valence-electron chi connectivity index (χ2n) is 6.85. The number of hydrazone groups is 1. The number of nitrogens with zero attached hydrogens (tertiary/aromatic N) is 1. The van der Waals surface area contributed by atoms with Crippen molar-refractivity contribution >= 4 is 11.6 Å². The molecule has 2 rings (SSSR count). The van der Waals surface area contributed by atoms with Crippen molar-refractivity contribution in [2.24, 2.45) is 11.0 Å². The van der Waals surface area contributed by atoms with Gasteiger partial charge in [-0.1, -0.05) is 6.92 Å². The predicted octanol–water partition coefficient (Wildman–Crippen LogP) is 1.99. The van der Waals surface area contributed by atoms with Crippen LogP contribution in [0.4, 0.5) is 0 Å². The molecule has 0 aliphatic carbocycles. The Labute approximate surface area is 148 Å². The molecule has 0 fully saturated rings. The number of benzene rings is 1. The summed E-state index contributed by atoms with van der Waals surface area (Å²) in [6.07, 6.45) is 0.374. The van der Waals surface area contributed by atoms with Gasteiger partial charge in [0.25, 0.3) is 0 Å². The molecule has 25 heavy (non-hydrogen) atoms. The third kappa shape index (κ3) is 4.93. The minimum atomic E-state index is -0.940. The monoisotopic (exact) mass is 350 g/mol. The van der Waals surface area contributed by atoms with Crippen LogP contribution in [0, 0.1) is 12.8 Å². The number of ether oxygens (including phenoxy) is 3. The van der Waals surface area contributed by atoms with E-state index in [9.17, 15) is 9.90 Å². The Morgan fingerprint density at radius 1 is 1.36 bits per heavy atom. The van der Waals surface area contributed by atoms with Gasteiger partial charge in [-0.2, -0.15) is 5.10 Å². The van der Waals surface area contributed by atoms with E-state index in [4.69, 9.17) is 14.2 Å². The summed E-state index contributed by atoms with van der Waals surface area (Å²) in [6, 6.07) is 3.67. The number of aliphatic hydroxyl groups is 1. The van der Waals surface area contributed by atoms with Crippen LogP contribution in [-0.2, 0) is 9.53 Å². The first-order chi connectivity index (χ1) is 11.7. The van der Waals surface area contributed by atoms with Crippen LogP contribution >= 0.6 is 0 Å². The van der Waals surface area contributed by atoms with E-state index in [1.54, 1.807) is 21.0 Å². The van der Waals surface area contributed by atoms with Crippen LogP contribution in [0.5, 0.6) is 11.5 Å². The summed E-state index contributed by atoms with van der Waals surface area (Å²) in [5.74, 6) is 1.08. The number of hydrogen-bond acceptors (Lipinski definition) is 6. The molecule has 1 heterocycles. The Bertz CT molecular complexity index is 664. The molecule has 7 heteroatoms. The Kier molecular flexibility index (Phi) is 6.02. The Morgan fingerprint density at radius 2 is 2.08 bits per heavy atom. The van der Waals surface area contributed by atoms with Crippen molar-refractivity contribution in [2.45, 2.75) is 39.7 Å². The van der Waals surface area contributed by atoms with Gasteiger partial charge in [0, 0.05) is 30.6 Å². The van der Waals surface area contributed by atoms with Crippen molar-refractivity contribution < 1.29 is 24.1 Å². The molecule has 138 valence electrons.